The number of benzene rings is 1. The highest BCUT2D eigenvalue weighted by atomic mass is 19.3. The molecule has 4 rings (SSSR count). The molecule has 1 saturated heterocycles. The summed E-state index contributed by atoms with van der Waals surface area (Å²) in [6.45, 7) is 5.03. The van der Waals surface area contributed by atoms with Gasteiger partial charge in [-0.25, -0.2) is 27.1 Å². The van der Waals surface area contributed by atoms with Crippen LogP contribution in [-0.4, -0.2) is 56.5 Å². The van der Waals surface area contributed by atoms with Gasteiger partial charge in [-0.2, -0.15) is 5.10 Å². The second-order valence-corrected chi connectivity index (χ2v) is 7.56. The van der Waals surface area contributed by atoms with Crippen LogP contribution >= 0.6 is 0 Å². The Kier molecular flexibility index (Phi) is 5.90. The first-order valence-corrected chi connectivity index (χ1v) is 9.86. The molecule has 1 aliphatic rings. The van der Waals surface area contributed by atoms with E-state index in [-0.39, 0.29) is 11.3 Å². The molecule has 0 aliphatic carbocycles. The van der Waals surface area contributed by atoms with Gasteiger partial charge < -0.3 is 4.90 Å². The van der Waals surface area contributed by atoms with Crippen molar-refractivity contribution in [1.29, 1.82) is 0 Å². The van der Waals surface area contributed by atoms with E-state index in [2.05, 4.69) is 27.1 Å². The van der Waals surface area contributed by atoms with E-state index in [1.54, 1.807) is 4.90 Å². The van der Waals surface area contributed by atoms with Crippen LogP contribution in [0.1, 0.15) is 45.9 Å². The Balaban J connectivity index is 1.48. The maximum atomic E-state index is 13.3. The Labute approximate surface area is 176 Å². The first kappa shape index (κ1) is 21.2. The van der Waals surface area contributed by atoms with Crippen LogP contribution in [0.5, 0.6) is 0 Å². The molecule has 1 aromatic carbocycles. The Morgan fingerprint density at radius 2 is 1.77 bits per heavy atom. The van der Waals surface area contributed by atoms with Crippen molar-refractivity contribution in [3.8, 4) is 0 Å². The van der Waals surface area contributed by atoms with Crippen molar-refractivity contribution in [2.45, 2.75) is 26.3 Å². The van der Waals surface area contributed by atoms with Crippen molar-refractivity contribution in [1.82, 2.24) is 24.4 Å². The Morgan fingerprint density at radius 1 is 1.03 bits per heavy atom. The van der Waals surface area contributed by atoms with E-state index in [0.717, 1.165) is 11.1 Å². The topological polar surface area (TPSA) is 53.7 Å². The van der Waals surface area contributed by atoms with Crippen molar-refractivity contribution in [3.05, 3.63) is 64.6 Å². The molecule has 0 bridgehead atoms. The number of carbonyl (C=O) groups excluding carboxylic acids is 1. The molecule has 10 heteroatoms. The third-order valence-corrected chi connectivity index (χ3v) is 5.29. The number of hydrogen-bond donors (Lipinski definition) is 0. The fraction of sp³-hybridized carbons (Fsp3) is 0.381. The molecule has 0 saturated carbocycles. The second kappa shape index (κ2) is 8.62. The molecule has 164 valence electrons. The summed E-state index contributed by atoms with van der Waals surface area (Å²) in [6, 6.07) is 10.0. The summed E-state index contributed by atoms with van der Waals surface area (Å²) < 4.78 is 53.4. The maximum absolute atomic E-state index is 13.3. The summed E-state index contributed by atoms with van der Waals surface area (Å²) in [7, 11) is 0. The van der Waals surface area contributed by atoms with Crippen LogP contribution in [0.3, 0.4) is 0 Å². The van der Waals surface area contributed by atoms with Crippen LogP contribution in [0.4, 0.5) is 17.6 Å². The van der Waals surface area contributed by atoms with Gasteiger partial charge in [-0.1, -0.05) is 29.8 Å². The average Bonchev–Trinajstić information content (AvgIpc) is 3.17. The molecule has 3 aromatic rings. The SMILES string of the molecule is Cc1cccc(CN2CCN(C(=O)c3cc4nc(C(F)F)cc(C(F)F)n4n3)CC2)c1. The molecule has 0 unspecified atom stereocenters. The number of piperazine rings is 1. The largest absolute Gasteiger partial charge is 0.335 e. The molecule has 1 fully saturated rings. The summed E-state index contributed by atoms with van der Waals surface area (Å²) in [6.07, 6.45) is -6.03. The van der Waals surface area contributed by atoms with Crippen molar-refractivity contribution in [3.63, 3.8) is 0 Å². The lowest BCUT2D eigenvalue weighted by atomic mass is 10.1. The normalized spacial score (nSPS) is 15.4. The standard InChI is InChI=1S/C21H21F4N5O/c1-13-3-2-4-14(9-13)12-28-5-7-29(8-6-28)21(31)16-11-18-26-15(19(22)23)10-17(20(24)25)30(18)27-16/h2-4,9-11,19-20H,5-8,12H2,1H3. The molecule has 3 heterocycles. The van der Waals surface area contributed by atoms with E-state index in [1.165, 1.54) is 17.2 Å². The number of alkyl halides is 4. The summed E-state index contributed by atoms with van der Waals surface area (Å²) in [5.41, 5.74) is 0.599. The lowest BCUT2D eigenvalue weighted by Crippen LogP contribution is -2.48. The summed E-state index contributed by atoms with van der Waals surface area (Å²) in [5.74, 6) is -0.431. The number of amides is 1. The lowest BCUT2D eigenvalue weighted by Gasteiger charge is -2.34. The number of rotatable bonds is 5. The molecule has 31 heavy (non-hydrogen) atoms. The predicted molar refractivity (Wildman–Crippen MR) is 105 cm³/mol. The first-order chi connectivity index (χ1) is 14.8. The number of fused-ring (bicyclic) bond motifs is 1. The smallest absolute Gasteiger partial charge is 0.280 e. The van der Waals surface area contributed by atoms with Gasteiger partial charge in [0, 0.05) is 38.8 Å². The van der Waals surface area contributed by atoms with Gasteiger partial charge in [0.2, 0.25) is 0 Å². The number of nitrogens with zero attached hydrogens (tertiary/aromatic N) is 5. The Morgan fingerprint density at radius 3 is 2.42 bits per heavy atom. The van der Waals surface area contributed by atoms with Gasteiger partial charge in [0.25, 0.3) is 18.8 Å². The summed E-state index contributed by atoms with van der Waals surface area (Å²) in [5, 5.41) is 3.93. The van der Waals surface area contributed by atoms with Crippen molar-refractivity contribution < 1.29 is 22.4 Å². The van der Waals surface area contributed by atoms with Crippen LogP contribution in [0.15, 0.2) is 36.4 Å². The van der Waals surface area contributed by atoms with E-state index in [9.17, 15) is 22.4 Å². The number of carbonyl (C=O) groups is 1. The Bertz CT molecular complexity index is 1090. The molecule has 0 atom stereocenters. The van der Waals surface area contributed by atoms with Gasteiger partial charge >= 0.3 is 0 Å². The van der Waals surface area contributed by atoms with Crippen LogP contribution < -0.4 is 0 Å². The lowest BCUT2D eigenvalue weighted by molar-refractivity contribution is 0.0621. The molecule has 0 spiro atoms. The monoisotopic (exact) mass is 435 g/mol. The van der Waals surface area contributed by atoms with Gasteiger partial charge in [0.05, 0.1) is 0 Å². The number of hydrogen-bond acceptors (Lipinski definition) is 4. The highest BCUT2D eigenvalue weighted by Gasteiger charge is 2.26. The maximum Gasteiger partial charge on any atom is 0.280 e. The van der Waals surface area contributed by atoms with Gasteiger partial charge in [0.15, 0.2) is 11.3 Å². The van der Waals surface area contributed by atoms with E-state index in [0.29, 0.717) is 32.2 Å². The van der Waals surface area contributed by atoms with Crippen LogP contribution in [0.25, 0.3) is 5.65 Å². The van der Waals surface area contributed by atoms with E-state index >= 15 is 0 Å². The minimum absolute atomic E-state index is 0.0899. The third kappa shape index (κ3) is 4.53. The molecule has 2 aromatic heterocycles. The van der Waals surface area contributed by atoms with E-state index in [4.69, 9.17) is 0 Å². The Hall–Kier alpha value is -3.01. The molecular weight excluding hydrogens is 414 g/mol. The number of aryl methyl sites for hydroxylation is 1. The molecule has 1 amide bonds. The van der Waals surface area contributed by atoms with Crippen LogP contribution in [0.2, 0.25) is 0 Å². The van der Waals surface area contributed by atoms with Gasteiger partial charge in [0.1, 0.15) is 11.4 Å². The minimum Gasteiger partial charge on any atom is -0.335 e. The summed E-state index contributed by atoms with van der Waals surface area (Å²) >= 11 is 0. The highest BCUT2D eigenvalue weighted by Crippen LogP contribution is 2.25. The van der Waals surface area contributed by atoms with Crippen molar-refractivity contribution in [2.24, 2.45) is 0 Å². The zero-order valence-corrected chi connectivity index (χ0v) is 16.8. The zero-order chi connectivity index (χ0) is 22.1. The average molecular weight is 435 g/mol. The fourth-order valence-corrected chi connectivity index (χ4v) is 3.73. The van der Waals surface area contributed by atoms with E-state index < -0.39 is 30.1 Å². The molecule has 6 nitrogen and oxygen atoms in total. The quantitative estimate of drug-likeness (QED) is 0.571. The first-order valence-electron chi connectivity index (χ1n) is 9.86. The van der Waals surface area contributed by atoms with Crippen molar-refractivity contribution in [2.75, 3.05) is 26.2 Å². The van der Waals surface area contributed by atoms with Crippen LogP contribution in [0, 0.1) is 6.92 Å². The van der Waals surface area contributed by atoms with Gasteiger partial charge in [-0.3, -0.25) is 9.69 Å². The minimum atomic E-state index is -3.03. The highest BCUT2D eigenvalue weighted by molar-refractivity contribution is 5.93. The van der Waals surface area contributed by atoms with E-state index in [1.807, 2.05) is 19.1 Å². The number of halogens is 4. The second-order valence-electron chi connectivity index (χ2n) is 7.56. The van der Waals surface area contributed by atoms with Gasteiger partial charge in [-0.15, -0.1) is 0 Å². The third-order valence-electron chi connectivity index (χ3n) is 5.29. The molecule has 1 aliphatic heterocycles. The predicted octanol–water partition coefficient (Wildman–Crippen LogP) is 3.87. The van der Waals surface area contributed by atoms with Crippen LogP contribution in [-0.2, 0) is 6.54 Å². The fourth-order valence-electron chi connectivity index (χ4n) is 3.73. The van der Waals surface area contributed by atoms with Gasteiger partial charge in [-0.05, 0) is 18.6 Å². The van der Waals surface area contributed by atoms with Crippen molar-refractivity contribution >= 4 is 11.6 Å². The molecule has 0 N–H and O–H groups in total. The summed E-state index contributed by atoms with van der Waals surface area (Å²) in [4.78, 5) is 20.3. The zero-order valence-electron chi connectivity index (χ0n) is 16.8. The number of aromatic nitrogens is 3. The molecule has 0 radical (unpaired) electrons. The molecular formula is C21H21F4N5O.